The predicted molar refractivity (Wildman–Crippen MR) is 87.9 cm³/mol. The van der Waals surface area contributed by atoms with Gasteiger partial charge >= 0.3 is 0 Å². The molecule has 0 aliphatic carbocycles. The van der Waals surface area contributed by atoms with Gasteiger partial charge in [0.25, 0.3) is 0 Å². The summed E-state index contributed by atoms with van der Waals surface area (Å²) in [5.74, 6) is 0. The van der Waals surface area contributed by atoms with Crippen LogP contribution in [0.4, 0.5) is 0 Å². The molecule has 2 rings (SSSR count). The minimum atomic E-state index is 0.801. The number of nitrogens with zero attached hydrogens (tertiary/aromatic N) is 2. The van der Waals surface area contributed by atoms with Crippen molar-refractivity contribution in [3.8, 4) is 0 Å². The molecule has 120 valence electrons. The maximum absolute atomic E-state index is 5.46. The molecule has 0 aromatic rings. The van der Waals surface area contributed by atoms with Gasteiger partial charge in [-0.1, -0.05) is 12.8 Å². The van der Waals surface area contributed by atoms with Crippen molar-refractivity contribution in [2.45, 2.75) is 57.9 Å². The van der Waals surface area contributed by atoms with Crippen LogP contribution in [0.3, 0.4) is 0 Å². The van der Waals surface area contributed by atoms with Crippen LogP contribution in [-0.2, 0) is 0 Å². The third-order valence-electron chi connectivity index (χ3n) is 4.48. The molecule has 2 aliphatic heterocycles. The molecule has 0 saturated carbocycles. The molecular formula is C16H36N4. The highest BCUT2D eigenvalue weighted by atomic mass is 15.2. The Bertz CT molecular complexity index is 214. The summed E-state index contributed by atoms with van der Waals surface area (Å²) >= 11 is 0. The Morgan fingerprint density at radius 1 is 0.850 bits per heavy atom. The van der Waals surface area contributed by atoms with Crippen LogP contribution in [0.1, 0.15) is 51.9 Å². The first kappa shape index (κ1) is 17.9. The molecule has 0 bridgehead atoms. The lowest BCUT2D eigenvalue weighted by molar-refractivity contribution is 0.160. The van der Waals surface area contributed by atoms with Gasteiger partial charge in [-0.15, -0.1) is 0 Å². The average Bonchev–Trinajstić information content (AvgIpc) is 2.49. The molecule has 4 N–H and O–H groups in total. The number of rotatable bonds is 5. The second kappa shape index (κ2) is 11.5. The fraction of sp³-hybridized carbons (Fsp3) is 1.00. The van der Waals surface area contributed by atoms with Crippen molar-refractivity contribution in [1.29, 1.82) is 0 Å². The smallest absolute Gasteiger partial charge is 0.0105 e. The molecule has 4 heteroatoms. The predicted octanol–water partition coefficient (Wildman–Crippen LogP) is 1.64. The lowest BCUT2D eigenvalue weighted by Gasteiger charge is -2.33. The summed E-state index contributed by atoms with van der Waals surface area (Å²) in [6, 6.07) is 0.801. The average molecular weight is 284 g/mol. The van der Waals surface area contributed by atoms with E-state index in [9.17, 15) is 0 Å². The van der Waals surface area contributed by atoms with Crippen LogP contribution < -0.4 is 11.5 Å². The normalized spacial score (nSPS) is 25.1. The van der Waals surface area contributed by atoms with Crippen LogP contribution in [0, 0.1) is 0 Å². The van der Waals surface area contributed by atoms with Crippen molar-refractivity contribution in [3.63, 3.8) is 0 Å². The van der Waals surface area contributed by atoms with Crippen molar-refractivity contribution >= 4 is 0 Å². The molecule has 2 saturated heterocycles. The largest absolute Gasteiger partial charge is 0.330 e. The number of hydrogen-bond donors (Lipinski definition) is 2. The van der Waals surface area contributed by atoms with Gasteiger partial charge in [0.2, 0.25) is 0 Å². The molecule has 1 unspecified atom stereocenters. The highest BCUT2D eigenvalue weighted by Crippen LogP contribution is 2.15. The molecule has 2 fully saturated rings. The molecule has 20 heavy (non-hydrogen) atoms. The first-order valence-electron chi connectivity index (χ1n) is 8.64. The summed E-state index contributed by atoms with van der Waals surface area (Å²) in [7, 11) is 0. The topological polar surface area (TPSA) is 58.5 Å². The minimum Gasteiger partial charge on any atom is -0.330 e. The number of piperidine rings is 2. The van der Waals surface area contributed by atoms with Crippen LogP contribution in [0.5, 0.6) is 0 Å². The van der Waals surface area contributed by atoms with Gasteiger partial charge in [-0.3, -0.25) is 0 Å². The monoisotopic (exact) mass is 284 g/mol. The van der Waals surface area contributed by atoms with Crippen molar-refractivity contribution in [2.75, 3.05) is 45.8 Å². The van der Waals surface area contributed by atoms with E-state index in [2.05, 4.69) is 16.7 Å². The Balaban J connectivity index is 0.000000204. The highest BCUT2D eigenvalue weighted by molar-refractivity contribution is 4.72. The summed E-state index contributed by atoms with van der Waals surface area (Å²) in [5, 5.41) is 0. The van der Waals surface area contributed by atoms with E-state index in [1.807, 2.05) is 0 Å². The zero-order valence-corrected chi connectivity index (χ0v) is 13.5. The van der Waals surface area contributed by atoms with E-state index in [-0.39, 0.29) is 0 Å². The van der Waals surface area contributed by atoms with E-state index in [4.69, 9.17) is 11.5 Å². The SMILES string of the molecule is CC1CCCCN1CCCN.NCCN1CCCCC1. The summed E-state index contributed by atoms with van der Waals surface area (Å²) < 4.78 is 0. The summed E-state index contributed by atoms with van der Waals surface area (Å²) in [5.41, 5.74) is 10.9. The molecule has 2 heterocycles. The molecule has 0 aromatic carbocycles. The number of hydrogen-bond acceptors (Lipinski definition) is 4. The second-order valence-electron chi connectivity index (χ2n) is 6.21. The van der Waals surface area contributed by atoms with Crippen molar-refractivity contribution < 1.29 is 0 Å². The second-order valence-corrected chi connectivity index (χ2v) is 6.21. The first-order valence-corrected chi connectivity index (χ1v) is 8.64. The van der Waals surface area contributed by atoms with Crippen molar-refractivity contribution in [3.05, 3.63) is 0 Å². The van der Waals surface area contributed by atoms with Gasteiger partial charge in [0.1, 0.15) is 0 Å². The zero-order chi connectivity index (χ0) is 14.6. The van der Waals surface area contributed by atoms with E-state index >= 15 is 0 Å². The van der Waals surface area contributed by atoms with E-state index in [0.717, 1.165) is 32.1 Å². The first-order chi connectivity index (χ1) is 9.77. The molecule has 2 aliphatic rings. The van der Waals surface area contributed by atoms with E-state index < -0.39 is 0 Å². The molecule has 4 nitrogen and oxygen atoms in total. The summed E-state index contributed by atoms with van der Waals surface area (Å²) in [6.45, 7) is 10.1. The van der Waals surface area contributed by atoms with Gasteiger partial charge in [-0.2, -0.15) is 0 Å². The van der Waals surface area contributed by atoms with Gasteiger partial charge in [-0.05, 0) is 71.8 Å². The van der Waals surface area contributed by atoms with Gasteiger partial charge in [-0.25, -0.2) is 0 Å². The van der Waals surface area contributed by atoms with Crippen LogP contribution in [0.2, 0.25) is 0 Å². The van der Waals surface area contributed by atoms with E-state index in [1.54, 1.807) is 0 Å². The zero-order valence-electron chi connectivity index (χ0n) is 13.5. The number of likely N-dealkylation sites (tertiary alicyclic amines) is 2. The third-order valence-corrected chi connectivity index (χ3v) is 4.48. The quantitative estimate of drug-likeness (QED) is 0.806. The lowest BCUT2D eigenvalue weighted by atomic mass is 10.0. The third kappa shape index (κ3) is 7.58. The highest BCUT2D eigenvalue weighted by Gasteiger charge is 2.16. The van der Waals surface area contributed by atoms with Gasteiger partial charge in [0.05, 0.1) is 0 Å². The standard InChI is InChI=1S/C9H20N2.C7H16N2/c1-9-5-2-3-7-11(9)8-4-6-10;8-4-7-9-5-2-1-3-6-9/h9H,2-8,10H2,1H3;1-8H2. The molecule has 0 radical (unpaired) electrons. The van der Waals surface area contributed by atoms with Crippen molar-refractivity contribution in [1.82, 2.24) is 9.80 Å². The van der Waals surface area contributed by atoms with Crippen LogP contribution in [0.25, 0.3) is 0 Å². The van der Waals surface area contributed by atoms with Gasteiger partial charge < -0.3 is 21.3 Å². The fourth-order valence-corrected chi connectivity index (χ4v) is 3.15. The molecule has 0 aromatic heterocycles. The maximum Gasteiger partial charge on any atom is 0.0105 e. The Morgan fingerprint density at radius 3 is 2.15 bits per heavy atom. The Labute approximate surface area is 125 Å². The molecule has 1 atom stereocenters. The van der Waals surface area contributed by atoms with Gasteiger partial charge in [0.15, 0.2) is 0 Å². The fourth-order valence-electron chi connectivity index (χ4n) is 3.15. The Kier molecular flexibility index (Phi) is 10.3. The van der Waals surface area contributed by atoms with E-state index in [0.29, 0.717) is 0 Å². The van der Waals surface area contributed by atoms with Gasteiger partial charge in [0, 0.05) is 19.1 Å². The summed E-state index contributed by atoms with van der Waals surface area (Å²) in [6.07, 6.45) is 9.51. The summed E-state index contributed by atoms with van der Waals surface area (Å²) in [4.78, 5) is 5.01. The van der Waals surface area contributed by atoms with Crippen molar-refractivity contribution in [2.24, 2.45) is 11.5 Å². The van der Waals surface area contributed by atoms with Crippen LogP contribution in [-0.4, -0.2) is 61.7 Å². The lowest BCUT2D eigenvalue weighted by Crippen LogP contribution is -2.38. The molecule has 0 amide bonds. The van der Waals surface area contributed by atoms with Crippen LogP contribution >= 0.6 is 0 Å². The van der Waals surface area contributed by atoms with Crippen LogP contribution in [0.15, 0.2) is 0 Å². The Morgan fingerprint density at radius 2 is 1.55 bits per heavy atom. The number of nitrogens with two attached hydrogens (primary N) is 2. The molecule has 0 spiro atoms. The molecular weight excluding hydrogens is 248 g/mol. The maximum atomic E-state index is 5.46. The minimum absolute atomic E-state index is 0.801. The Hall–Kier alpha value is -0.160. The van der Waals surface area contributed by atoms with E-state index in [1.165, 1.54) is 64.7 Å².